The van der Waals surface area contributed by atoms with E-state index in [1.54, 1.807) is 0 Å². The van der Waals surface area contributed by atoms with Crippen molar-refractivity contribution < 1.29 is 21.6 Å². The normalized spacial score (nSPS) is 13.1. The van der Waals surface area contributed by atoms with Gasteiger partial charge in [0.05, 0.1) is 12.7 Å². The van der Waals surface area contributed by atoms with Crippen LogP contribution in [0, 0.1) is 0 Å². The molecule has 0 aromatic rings. The van der Waals surface area contributed by atoms with Gasteiger partial charge in [-0.3, -0.25) is 0 Å². The molecule has 0 aliphatic carbocycles. The van der Waals surface area contributed by atoms with Crippen molar-refractivity contribution in [3.8, 4) is 0 Å². The lowest BCUT2D eigenvalue weighted by Gasteiger charge is -2.07. The van der Waals surface area contributed by atoms with Crippen molar-refractivity contribution in [2.45, 2.75) is 19.0 Å². The minimum atomic E-state index is -4.14. The van der Waals surface area contributed by atoms with Crippen LogP contribution in [0.25, 0.3) is 0 Å². The van der Waals surface area contributed by atoms with Crippen LogP contribution in [-0.4, -0.2) is 40.5 Å². The van der Waals surface area contributed by atoms with Crippen LogP contribution in [0.2, 0.25) is 0 Å². The van der Waals surface area contributed by atoms with Gasteiger partial charge in [0.15, 0.2) is 0 Å². The third-order valence-electron chi connectivity index (χ3n) is 1.48. The molecule has 8 heteroatoms. The second-order valence-corrected chi connectivity index (χ2v) is 4.97. The molecule has 0 rings (SSSR count). The van der Waals surface area contributed by atoms with Crippen molar-refractivity contribution in [1.29, 1.82) is 0 Å². The Bertz CT molecular complexity index is 264. The van der Waals surface area contributed by atoms with Gasteiger partial charge in [-0.25, -0.2) is 13.1 Å². The number of hydrogen-bond acceptors (Lipinski definition) is 3. The summed E-state index contributed by atoms with van der Waals surface area (Å²) in [7, 11) is -3.20. The van der Waals surface area contributed by atoms with Crippen LogP contribution < -0.4 is 10.0 Å². The summed E-state index contributed by atoms with van der Waals surface area (Å²) in [5.74, 6) is 0. The second kappa shape index (κ2) is 6.29. The minimum absolute atomic E-state index is 0.137. The number of hydrogen-bond donors (Lipinski definition) is 2. The summed E-state index contributed by atoms with van der Waals surface area (Å²) in [6.45, 7) is 0.457. The first-order valence-electron chi connectivity index (χ1n) is 4.43. The molecule has 0 saturated heterocycles. The lowest BCUT2D eigenvalue weighted by Crippen LogP contribution is -2.27. The van der Waals surface area contributed by atoms with Crippen LogP contribution in [0.1, 0.15) is 12.8 Å². The Balaban J connectivity index is 3.27. The molecule has 0 fully saturated rings. The van der Waals surface area contributed by atoms with E-state index in [2.05, 4.69) is 10.0 Å². The molecule has 0 heterocycles. The highest BCUT2D eigenvalue weighted by molar-refractivity contribution is 7.88. The lowest BCUT2D eigenvalue weighted by molar-refractivity contribution is -0.133. The lowest BCUT2D eigenvalue weighted by atomic mass is 10.4. The van der Waals surface area contributed by atoms with Crippen LogP contribution in [0.4, 0.5) is 13.2 Å². The summed E-state index contributed by atoms with van der Waals surface area (Å²) in [5.41, 5.74) is 0. The van der Waals surface area contributed by atoms with Gasteiger partial charge in [-0.15, -0.1) is 0 Å². The van der Waals surface area contributed by atoms with E-state index in [0.29, 0.717) is 13.0 Å². The fourth-order valence-electron chi connectivity index (χ4n) is 0.826. The summed E-state index contributed by atoms with van der Waals surface area (Å²) in [5, 5.41) is 2.57. The van der Waals surface area contributed by atoms with Gasteiger partial charge >= 0.3 is 6.18 Å². The van der Waals surface area contributed by atoms with Gasteiger partial charge in [0, 0.05) is 13.1 Å². The molecular formula is C7H15F3N2O2S. The maximum Gasteiger partial charge on any atom is 0.390 e. The van der Waals surface area contributed by atoms with E-state index < -0.39 is 22.6 Å². The van der Waals surface area contributed by atoms with Gasteiger partial charge in [-0.2, -0.15) is 13.2 Å². The highest BCUT2D eigenvalue weighted by Gasteiger charge is 2.25. The van der Waals surface area contributed by atoms with Crippen molar-refractivity contribution in [3.05, 3.63) is 0 Å². The molecule has 92 valence electrons. The largest absolute Gasteiger partial charge is 0.390 e. The van der Waals surface area contributed by atoms with Crippen LogP contribution in [0.15, 0.2) is 0 Å². The molecule has 0 unspecified atom stereocenters. The average molecular weight is 248 g/mol. The van der Waals surface area contributed by atoms with E-state index in [4.69, 9.17) is 0 Å². The van der Waals surface area contributed by atoms with Gasteiger partial charge in [0.2, 0.25) is 10.0 Å². The zero-order valence-electron chi connectivity index (χ0n) is 8.39. The zero-order chi connectivity index (χ0) is 11.9. The number of rotatable bonds is 7. The molecule has 0 spiro atoms. The fraction of sp³-hybridized carbons (Fsp3) is 1.00. The number of alkyl halides is 3. The summed E-state index contributed by atoms with van der Waals surface area (Å²) in [4.78, 5) is 0. The monoisotopic (exact) mass is 248 g/mol. The number of nitrogens with one attached hydrogen (secondary N) is 2. The van der Waals surface area contributed by atoms with Gasteiger partial charge in [0.1, 0.15) is 0 Å². The van der Waals surface area contributed by atoms with E-state index in [1.165, 1.54) is 0 Å². The Hall–Kier alpha value is -0.340. The quantitative estimate of drug-likeness (QED) is 0.644. The molecule has 0 aliphatic rings. The van der Waals surface area contributed by atoms with Gasteiger partial charge in [-0.1, -0.05) is 0 Å². The highest BCUT2D eigenvalue weighted by atomic mass is 32.2. The predicted octanol–water partition coefficient (Wildman–Crippen LogP) is 0.468. The first-order chi connectivity index (χ1) is 6.71. The third kappa shape index (κ3) is 13.7. The van der Waals surface area contributed by atoms with Gasteiger partial charge in [0.25, 0.3) is 0 Å². The Morgan fingerprint density at radius 2 is 1.73 bits per heavy atom. The van der Waals surface area contributed by atoms with E-state index in [-0.39, 0.29) is 13.1 Å². The Kier molecular flexibility index (Phi) is 6.15. The van der Waals surface area contributed by atoms with Crippen molar-refractivity contribution in [3.63, 3.8) is 0 Å². The Morgan fingerprint density at radius 3 is 2.20 bits per heavy atom. The summed E-state index contributed by atoms with van der Waals surface area (Å²) < 4.78 is 58.3. The highest BCUT2D eigenvalue weighted by Crippen LogP contribution is 2.17. The third-order valence-corrected chi connectivity index (χ3v) is 2.21. The zero-order valence-corrected chi connectivity index (χ0v) is 9.21. The first kappa shape index (κ1) is 14.7. The van der Waals surface area contributed by atoms with Crippen LogP contribution in [0.5, 0.6) is 0 Å². The summed E-state index contributed by atoms with van der Waals surface area (Å²) in [6, 6.07) is 0. The molecule has 0 amide bonds. The molecule has 0 saturated carbocycles. The molecule has 0 aromatic heterocycles. The number of sulfonamides is 1. The minimum Gasteiger partial charge on any atom is -0.316 e. The molecule has 0 radical (unpaired) electrons. The summed E-state index contributed by atoms with van der Waals surface area (Å²) >= 11 is 0. The Labute approximate surface area is 87.3 Å². The Morgan fingerprint density at radius 1 is 1.13 bits per heavy atom. The topological polar surface area (TPSA) is 58.2 Å². The second-order valence-electron chi connectivity index (χ2n) is 3.14. The fourth-order valence-corrected chi connectivity index (χ4v) is 1.34. The molecule has 15 heavy (non-hydrogen) atoms. The van der Waals surface area contributed by atoms with Crippen LogP contribution >= 0.6 is 0 Å². The average Bonchev–Trinajstić information content (AvgIpc) is 1.98. The molecular weight excluding hydrogens is 233 g/mol. The maximum atomic E-state index is 11.7. The van der Waals surface area contributed by atoms with Gasteiger partial charge < -0.3 is 5.32 Å². The molecule has 0 aromatic carbocycles. The van der Waals surface area contributed by atoms with Crippen molar-refractivity contribution in [2.24, 2.45) is 0 Å². The molecule has 0 bridgehead atoms. The first-order valence-corrected chi connectivity index (χ1v) is 6.32. The SMILES string of the molecule is CS(=O)(=O)NCCCNCCC(F)(F)F. The molecule has 0 atom stereocenters. The molecule has 4 nitrogen and oxygen atoms in total. The van der Waals surface area contributed by atoms with E-state index in [9.17, 15) is 21.6 Å². The van der Waals surface area contributed by atoms with Crippen molar-refractivity contribution >= 4 is 10.0 Å². The predicted molar refractivity (Wildman–Crippen MR) is 51.0 cm³/mol. The number of halogens is 3. The molecule has 2 N–H and O–H groups in total. The van der Waals surface area contributed by atoms with Crippen molar-refractivity contribution in [2.75, 3.05) is 25.9 Å². The van der Waals surface area contributed by atoms with Crippen molar-refractivity contribution in [1.82, 2.24) is 10.0 Å². The van der Waals surface area contributed by atoms with E-state index in [0.717, 1.165) is 6.26 Å². The van der Waals surface area contributed by atoms with Gasteiger partial charge in [-0.05, 0) is 13.0 Å². The standard InChI is InChI=1S/C7H15F3N2O2S/c1-15(13,14)12-5-2-4-11-6-3-7(8,9)10/h11-12H,2-6H2,1H3. The van der Waals surface area contributed by atoms with E-state index in [1.807, 2.05) is 0 Å². The van der Waals surface area contributed by atoms with E-state index >= 15 is 0 Å². The van der Waals surface area contributed by atoms with Crippen LogP contribution in [0.3, 0.4) is 0 Å². The summed E-state index contributed by atoms with van der Waals surface area (Å²) in [6.07, 6.45) is -3.51. The smallest absolute Gasteiger partial charge is 0.316 e. The maximum absolute atomic E-state index is 11.7. The van der Waals surface area contributed by atoms with Crippen LogP contribution in [-0.2, 0) is 10.0 Å². The molecule has 0 aliphatic heterocycles.